The maximum Gasteiger partial charge on any atom is 0.225 e. The molecule has 24 heavy (non-hydrogen) atoms. The monoisotopic (exact) mass is 331 g/mol. The Hall–Kier alpha value is -1.69. The second kappa shape index (κ2) is 7.92. The van der Waals surface area contributed by atoms with Crippen LogP contribution in [0.25, 0.3) is 0 Å². The Kier molecular flexibility index (Phi) is 5.66. The summed E-state index contributed by atoms with van der Waals surface area (Å²) >= 11 is 0. The van der Waals surface area contributed by atoms with Gasteiger partial charge in [0.15, 0.2) is 0 Å². The summed E-state index contributed by atoms with van der Waals surface area (Å²) in [6, 6.07) is 1.82. The maximum atomic E-state index is 12.5. The molecule has 0 aromatic carbocycles. The number of rotatable bonds is 4. The third kappa shape index (κ3) is 4.44. The molecule has 0 N–H and O–H groups in total. The second-order valence-corrected chi connectivity index (χ2v) is 7.37. The average molecular weight is 331 g/mol. The van der Waals surface area contributed by atoms with Gasteiger partial charge in [-0.3, -0.25) is 4.79 Å². The lowest BCUT2D eigenvalue weighted by atomic mass is 9.92. The van der Waals surface area contributed by atoms with Gasteiger partial charge >= 0.3 is 0 Å². The van der Waals surface area contributed by atoms with Gasteiger partial charge in [-0.2, -0.15) is 0 Å². The molecule has 2 aliphatic heterocycles. The van der Waals surface area contributed by atoms with E-state index in [1.165, 1.54) is 6.42 Å². The first-order valence-corrected chi connectivity index (χ1v) is 9.14. The Labute approximate surface area is 144 Å². The molecule has 2 aliphatic rings. The van der Waals surface area contributed by atoms with E-state index in [1.54, 1.807) is 12.4 Å². The number of amides is 1. The third-order valence-electron chi connectivity index (χ3n) is 5.05. The van der Waals surface area contributed by atoms with E-state index >= 15 is 0 Å². The number of likely N-dealkylation sites (tertiary alicyclic amines) is 1. The van der Waals surface area contributed by atoms with Crippen LogP contribution in [-0.4, -0.2) is 71.5 Å². The largest absolute Gasteiger partial charge is 0.339 e. The summed E-state index contributed by atoms with van der Waals surface area (Å²) in [6.07, 6.45) is 5.48. The Morgan fingerprint density at radius 2 is 1.71 bits per heavy atom. The quantitative estimate of drug-likeness (QED) is 0.837. The van der Waals surface area contributed by atoms with Crippen LogP contribution in [0.3, 0.4) is 0 Å². The molecule has 0 aliphatic carbocycles. The van der Waals surface area contributed by atoms with Crippen molar-refractivity contribution in [3.05, 3.63) is 18.5 Å². The molecule has 2 saturated heterocycles. The molecule has 132 valence electrons. The number of piperidine rings is 1. The van der Waals surface area contributed by atoms with Crippen molar-refractivity contribution in [1.29, 1.82) is 0 Å². The van der Waals surface area contributed by atoms with Crippen LogP contribution in [0.4, 0.5) is 5.95 Å². The van der Waals surface area contributed by atoms with Crippen LogP contribution >= 0.6 is 0 Å². The number of carbonyl (C=O) groups excluding carboxylic acids is 1. The highest BCUT2D eigenvalue weighted by Crippen LogP contribution is 2.21. The number of nitrogens with zero attached hydrogens (tertiary/aromatic N) is 5. The molecule has 2 fully saturated rings. The van der Waals surface area contributed by atoms with Crippen molar-refractivity contribution in [3.63, 3.8) is 0 Å². The van der Waals surface area contributed by atoms with Crippen molar-refractivity contribution in [2.75, 3.05) is 50.7 Å². The van der Waals surface area contributed by atoms with Crippen LogP contribution in [0, 0.1) is 11.8 Å². The molecule has 3 heterocycles. The smallest absolute Gasteiger partial charge is 0.225 e. The van der Waals surface area contributed by atoms with E-state index in [0.29, 0.717) is 6.42 Å². The zero-order valence-electron chi connectivity index (χ0n) is 14.9. The summed E-state index contributed by atoms with van der Waals surface area (Å²) in [6.45, 7) is 11.0. The third-order valence-corrected chi connectivity index (χ3v) is 5.05. The molecule has 2 atom stereocenters. The Bertz CT molecular complexity index is 519. The van der Waals surface area contributed by atoms with Crippen LogP contribution < -0.4 is 4.90 Å². The van der Waals surface area contributed by atoms with Gasteiger partial charge in [-0.05, 0) is 24.3 Å². The minimum atomic E-state index is 0.287. The first kappa shape index (κ1) is 17.1. The number of anilines is 1. The van der Waals surface area contributed by atoms with Crippen LogP contribution in [0.1, 0.15) is 26.7 Å². The lowest BCUT2D eigenvalue weighted by Crippen LogP contribution is -2.50. The molecule has 1 aromatic rings. The standard InChI is InChI=1S/C18H29N5O/c1-15-12-16(2)14-21(13-15)7-4-17(24)22-8-10-23(11-9-22)18-19-5-3-6-20-18/h3,5-6,15-16H,4,7-14H2,1-2H3. The first-order valence-electron chi connectivity index (χ1n) is 9.14. The fourth-order valence-electron chi connectivity index (χ4n) is 4.00. The highest BCUT2D eigenvalue weighted by atomic mass is 16.2. The summed E-state index contributed by atoms with van der Waals surface area (Å²) in [5.74, 6) is 2.55. The fraction of sp³-hybridized carbons (Fsp3) is 0.722. The van der Waals surface area contributed by atoms with E-state index in [-0.39, 0.29) is 5.91 Å². The number of aromatic nitrogens is 2. The van der Waals surface area contributed by atoms with Gasteiger partial charge in [-0.1, -0.05) is 13.8 Å². The second-order valence-electron chi connectivity index (χ2n) is 7.37. The molecule has 2 unspecified atom stereocenters. The van der Waals surface area contributed by atoms with Crippen molar-refractivity contribution in [3.8, 4) is 0 Å². The van der Waals surface area contributed by atoms with Gasteiger partial charge in [0.25, 0.3) is 0 Å². The van der Waals surface area contributed by atoms with Gasteiger partial charge in [-0.15, -0.1) is 0 Å². The van der Waals surface area contributed by atoms with Gasteiger partial charge in [0.2, 0.25) is 11.9 Å². The molecular formula is C18H29N5O. The van der Waals surface area contributed by atoms with Crippen molar-refractivity contribution in [2.45, 2.75) is 26.7 Å². The number of piperazine rings is 1. The lowest BCUT2D eigenvalue weighted by Gasteiger charge is -2.37. The first-order chi connectivity index (χ1) is 11.6. The van der Waals surface area contributed by atoms with E-state index in [1.807, 2.05) is 11.0 Å². The van der Waals surface area contributed by atoms with E-state index in [4.69, 9.17) is 0 Å². The van der Waals surface area contributed by atoms with Crippen molar-refractivity contribution >= 4 is 11.9 Å². The number of carbonyl (C=O) groups is 1. The van der Waals surface area contributed by atoms with Crippen molar-refractivity contribution < 1.29 is 4.79 Å². The van der Waals surface area contributed by atoms with Gasteiger partial charge in [0.05, 0.1) is 0 Å². The normalized spacial score (nSPS) is 25.8. The minimum absolute atomic E-state index is 0.287. The van der Waals surface area contributed by atoms with Crippen molar-refractivity contribution in [1.82, 2.24) is 19.8 Å². The fourth-order valence-corrected chi connectivity index (χ4v) is 4.00. The predicted molar refractivity (Wildman–Crippen MR) is 94.8 cm³/mol. The summed E-state index contributed by atoms with van der Waals surface area (Å²) < 4.78 is 0. The zero-order chi connectivity index (χ0) is 16.9. The summed E-state index contributed by atoms with van der Waals surface area (Å²) in [5.41, 5.74) is 0. The maximum absolute atomic E-state index is 12.5. The Morgan fingerprint density at radius 1 is 1.08 bits per heavy atom. The van der Waals surface area contributed by atoms with Crippen LogP contribution in [0.15, 0.2) is 18.5 Å². The lowest BCUT2D eigenvalue weighted by molar-refractivity contribution is -0.132. The molecule has 6 heteroatoms. The topological polar surface area (TPSA) is 52.6 Å². The van der Waals surface area contributed by atoms with Gasteiger partial charge in [0, 0.05) is 64.6 Å². The van der Waals surface area contributed by atoms with E-state index in [0.717, 1.165) is 63.6 Å². The molecular weight excluding hydrogens is 302 g/mol. The van der Waals surface area contributed by atoms with Crippen LogP contribution in [0.2, 0.25) is 0 Å². The molecule has 0 bridgehead atoms. The summed E-state index contributed by atoms with van der Waals surface area (Å²) in [7, 11) is 0. The van der Waals surface area contributed by atoms with Gasteiger partial charge in [-0.25, -0.2) is 9.97 Å². The summed E-state index contributed by atoms with van der Waals surface area (Å²) in [5, 5.41) is 0. The molecule has 1 aromatic heterocycles. The van der Waals surface area contributed by atoms with Gasteiger partial charge < -0.3 is 14.7 Å². The zero-order valence-corrected chi connectivity index (χ0v) is 14.9. The molecule has 0 saturated carbocycles. The molecule has 0 radical (unpaired) electrons. The Balaban J connectivity index is 1.42. The summed E-state index contributed by atoms with van der Waals surface area (Å²) in [4.78, 5) is 27.7. The SMILES string of the molecule is CC1CC(C)CN(CCC(=O)N2CCN(c3ncccn3)CC2)C1. The van der Waals surface area contributed by atoms with Gasteiger partial charge in [0.1, 0.15) is 0 Å². The van der Waals surface area contributed by atoms with E-state index < -0.39 is 0 Å². The highest BCUT2D eigenvalue weighted by molar-refractivity contribution is 5.76. The predicted octanol–water partition coefficient (Wildman–Crippen LogP) is 1.49. The number of hydrogen-bond donors (Lipinski definition) is 0. The van der Waals surface area contributed by atoms with Crippen LogP contribution in [0.5, 0.6) is 0 Å². The highest BCUT2D eigenvalue weighted by Gasteiger charge is 2.25. The van der Waals surface area contributed by atoms with Crippen molar-refractivity contribution in [2.24, 2.45) is 11.8 Å². The minimum Gasteiger partial charge on any atom is -0.339 e. The van der Waals surface area contributed by atoms with Crippen LogP contribution in [-0.2, 0) is 4.79 Å². The molecule has 0 spiro atoms. The molecule has 1 amide bonds. The number of hydrogen-bond acceptors (Lipinski definition) is 5. The molecule has 6 nitrogen and oxygen atoms in total. The van der Waals surface area contributed by atoms with E-state index in [2.05, 4.69) is 33.6 Å². The Morgan fingerprint density at radius 3 is 2.33 bits per heavy atom. The molecule has 3 rings (SSSR count). The average Bonchev–Trinajstić information content (AvgIpc) is 2.60. The van der Waals surface area contributed by atoms with E-state index in [9.17, 15) is 4.79 Å².